The maximum absolute atomic E-state index is 12.4. The average molecular weight is 264 g/mol. The second kappa shape index (κ2) is 5.94. The van der Waals surface area contributed by atoms with Crippen LogP contribution in [0.2, 0.25) is 0 Å². The first-order chi connectivity index (χ1) is 9.11. The monoisotopic (exact) mass is 264 g/mol. The van der Waals surface area contributed by atoms with Crippen LogP contribution in [0.3, 0.4) is 0 Å². The number of carbonyl (C=O) groups excluding carboxylic acids is 1. The number of likely N-dealkylation sites (tertiary alicyclic amines) is 1. The van der Waals surface area contributed by atoms with Crippen molar-refractivity contribution >= 4 is 11.7 Å². The summed E-state index contributed by atoms with van der Waals surface area (Å²) in [5, 5.41) is 0. The lowest BCUT2D eigenvalue weighted by atomic mass is 10.0. The molecule has 104 valence electrons. The molecule has 1 unspecified atom stereocenters. The van der Waals surface area contributed by atoms with Gasteiger partial charge < -0.3 is 15.2 Å². The van der Waals surface area contributed by atoms with E-state index in [1.54, 1.807) is 0 Å². The van der Waals surface area contributed by atoms with E-state index in [0.717, 1.165) is 25.9 Å². The molecule has 0 saturated carbocycles. The van der Waals surface area contributed by atoms with Crippen molar-refractivity contribution in [2.45, 2.75) is 18.9 Å². The number of aromatic nitrogens is 2. The Morgan fingerprint density at radius 3 is 3.00 bits per heavy atom. The molecule has 1 atom stereocenters. The third-order valence-electron chi connectivity index (χ3n) is 3.42. The minimum absolute atomic E-state index is 0.0869. The maximum Gasteiger partial charge on any atom is 0.274 e. The molecule has 1 aromatic heterocycles. The molecule has 0 aliphatic carbocycles. The molecule has 7 nitrogen and oxygen atoms in total. The Labute approximate surface area is 112 Å². The number of anilines is 1. The summed E-state index contributed by atoms with van der Waals surface area (Å²) in [5.74, 6) is 5.58. The number of carbonyl (C=O) groups is 1. The van der Waals surface area contributed by atoms with Crippen LogP contribution in [-0.2, 0) is 0 Å². The van der Waals surface area contributed by atoms with E-state index in [9.17, 15) is 4.79 Å². The summed E-state index contributed by atoms with van der Waals surface area (Å²) in [4.78, 5) is 24.5. The Morgan fingerprint density at radius 2 is 2.32 bits per heavy atom. The van der Waals surface area contributed by atoms with E-state index in [1.165, 1.54) is 12.4 Å². The van der Waals surface area contributed by atoms with Crippen molar-refractivity contribution in [1.29, 1.82) is 0 Å². The van der Waals surface area contributed by atoms with Crippen molar-refractivity contribution in [3.63, 3.8) is 0 Å². The zero-order valence-electron chi connectivity index (χ0n) is 11.3. The topological polar surface area (TPSA) is 87.4 Å². The Kier molecular flexibility index (Phi) is 4.28. The zero-order valence-corrected chi connectivity index (χ0v) is 11.3. The van der Waals surface area contributed by atoms with Gasteiger partial charge >= 0.3 is 0 Å². The van der Waals surface area contributed by atoms with Crippen molar-refractivity contribution in [1.82, 2.24) is 19.8 Å². The number of nitrogen functional groups attached to an aromatic ring is 1. The average Bonchev–Trinajstić information content (AvgIpc) is 2.46. The molecule has 19 heavy (non-hydrogen) atoms. The van der Waals surface area contributed by atoms with E-state index in [1.807, 2.05) is 19.0 Å². The van der Waals surface area contributed by atoms with Crippen LogP contribution >= 0.6 is 0 Å². The van der Waals surface area contributed by atoms with Gasteiger partial charge in [0.05, 0.1) is 12.4 Å². The Bertz CT molecular complexity index is 450. The van der Waals surface area contributed by atoms with Gasteiger partial charge in [-0.05, 0) is 26.9 Å². The molecule has 1 aromatic rings. The standard InChI is InChI=1S/C12H20N6O/c1-17(2)9-4-3-5-18(8-9)12(19)10-6-14-7-11(15-10)16-13/h6-7,9H,3-5,8,13H2,1-2H3,(H,15,16). The molecule has 0 aromatic carbocycles. The van der Waals surface area contributed by atoms with Gasteiger partial charge in [-0.15, -0.1) is 0 Å². The zero-order chi connectivity index (χ0) is 13.8. The number of hydrogen-bond donors (Lipinski definition) is 2. The largest absolute Gasteiger partial charge is 0.336 e. The summed E-state index contributed by atoms with van der Waals surface area (Å²) < 4.78 is 0. The molecule has 0 bridgehead atoms. The summed E-state index contributed by atoms with van der Waals surface area (Å²) in [6.45, 7) is 1.50. The lowest BCUT2D eigenvalue weighted by Crippen LogP contribution is -2.47. The summed E-state index contributed by atoms with van der Waals surface area (Å²) >= 11 is 0. The van der Waals surface area contributed by atoms with E-state index in [0.29, 0.717) is 17.6 Å². The van der Waals surface area contributed by atoms with Gasteiger partial charge in [0.25, 0.3) is 5.91 Å². The van der Waals surface area contributed by atoms with Crippen LogP contribution in [0.15, 0.2) is 12.4 Å². The molecule has 1 fully saturated rings. The highest BCUT2D eigenvalue weighted by molar-refractivity contribution is 5.92. The van der Waals surface area contributed by atoms with E-state index in [-0.39, 0.29) is 5.91 Å². The molecule has 1 aliphatic heterocycles. The molecular weight excluding hydrogens is 244 g/mol. The van der Waals surface area contributed by atoms with Crippen molar-refractivity contribution in [2.24, 2.45) is 5.84 Å². The first kappa shape index (κ1) is 13.7. The molecular formula is C12H20N6O. The lowest BCUT2D eigenvalue weighted by molar-refractivity contribution is 0.0629. The highest BCUT2D eigenvalue weighted by Gasteiger charge is 2.26. The highest BCUT2D eigenvalue weighted by atomic mass is 16.2. The van der Waals surface area contributed by atoms with Gasteiger partial charge in [-0.3, -0.25) is 9.78 Å². The summed E-state index contributed by atoms with van der Waals surface area (Å²) in [7, 11) is 4.08. The number of hydrogen-bond acceptors (Lipinski definition) is 6. The first-order valence-electron chi connectivity index (χ1n) is 6.36. The quantitative estimate of drug-likeness (QED) is 0.587. The number of nitrogens with two attached hydrogens (primary N) is 1. The second-order valence-electron chi connectivity index (χ2n) is 4.94. The fourth-order valence-corrected chi connectivity index (χ4v) is 2.26. The van der Waals surface area contributed by atoms with E-state index < -0.39 is 0 Å². The van der Waals surface area contributed by atoms with Crippen molar-refractivity contribution in [3.8, 4) is 0 Å². The maximum atomic E-state index is 12.4. The van der Waals surface area contributed by atoms with Crippen molar-refractivity contribution in [3.05, 3.63) is 18.1 Å². The van der Waals surface area contributed by atoms with E-state index in [2.05, 4.69) is 20.3 Å². The van der Waals surface area contributed by atoms with Gasteiger partial charge in [0.15, 0.2) is 5.82 Å². The minimum Gasteiger partial charge on any atom is -0.336 e. The molecule has 0 radical (unpaired) electrons. The van der Waals surface area contributed by atoms with Gasteiger partial charge in [0.2, 0.25) is 0 Å². The minimum atomic E-state index is -0.0869. The van der Waals surface area contributed by atoms with Crippen LogP contribution in [0.25, 0.3) is 0 Å². The summed E-state index contributed by atoms with van der Waals surface area (Å²) in [5.41, 5.74) is 2.73. The number of nitrogens with zero attached hydrogens (tertiary/aromatic N) is 4. The van der Waals surface area contributed by atoms with E-state index >= 15 is 0 Å². The predicted molar refractivity (Wildman–Crippen MR) is 72.5 cm³/mol. The van der Waals surface area contributed by atoms with Crippen LogP contribution in [0.1, 0.15) is 23.3 Å². The van der Waals surface area contributed by atoms with Crippen LogP contribution in [0, 0.1) is 0 Å². The van der Waals surface area contributed by atoms with Crippen LogP contribution in [-0.4, -0.2) is 58.9 Å². The van der Waals surface area contributed by atoms with Crippen LogP contribution in [0.4, 0.5) is 5.82 Å². The number of amides is 1. The number of rotatable bonds is 3. The predicted octanol–water partition coefficient (Wildman–Crippen LogP) is -0.0716. The van der Waals surface area contributed by atoms with Crippen LogP contribution < -0.4 is 11.3 Å². The number of likely N-dealkylation sites (N-methyl/N-ethyl adjacent to an activating group) is 1. The smallest absolute Gasteiger partial charge is 0.274 e. The molecule has 2 heterocycles. The Hall–Kier alpha value is -1.73. The molecule has 2 rings (SSSR count). The first-order valence-corrected chi connectivity index (χ1v) is 6.36. The molecule has 1 aliphatic rings. The van der Waals surface area contributed by atoms with Gasteiger partial charge in [0, 0.05) is 19.1 Å². The summed E-state index contributed by atoms with van der Waals surface area (Å²) in [6, 6.07) is 0.404. The fourth-order valence-electron chi connectivity index (χ4n) is 2.26. The normalized spacial score (nSPS) is 19.6. The SMILES string of the molecule is CN(C)C1CCCN(C(=O)c2cncc(NN)n2)C1. The van der Waals surface area contributed by atoms with Gasteiger partial charge in [0.1, 0.15) is 5.69 Å². The second-order valence-corrected chi connectivity index (χ2v) is 4.94. The van der Waals surface area contributed by atoms with Crippen molar-refractivity contribution < 1.29 is 4.79 Å². The summed E-state index contributed by atoms with van der Waals surface area (Å²) in [6.07, 6.45) is 5.09. The molecule has 0 spiro atoms. The van der Waals surface area contributed by atoms with Gasteiger partial charge in [-0.2, -0.15) is 0 Å². The Morgan fingerprint density at radius 1 is 1.53 bits per heavy atom. The molecule has 3 N–H and O–H groups in total. The third-order valence-corrected chi connectivity index (χ3v) is 3.42. The fraction of sp³-hybridized carbons (Fsp3) is 0.583. The van der Waals surface area contributed by atoms with Gasteiger partial charge in [-0.25, -0.2) is 10.8 Å². The number of nitrogens with one attached hydrogen (secondary N) is 1. The number of hydrazine groups is 1. The highest BCUT2D eigenvalue weighted by Crippen LogP contribution is 2.16. The Balaban J connectivity index is 2.10. The van der Waals surface area contributed by atoms with Crippen molar-refractivity contribution in [2.75, 3.05) is 32.6 Å². The molecule has 7 heteroatoms. The van der Waals surface area contributed by atoms with Gasteiger partial charge in [-0.1, -0.05) is 0 Å². The molecule has 1 saturated heterocycles. The number of piperidine rings is 1. The lowest BCUT2D eigenvalue weighted by Gasteiger charge is -2.35. The molecule has 1 amide bonds. The third kappa shape index (κ3) is 3.18. The van der Waals surface area contributed by atoms with Crippen LogP contribution in [0.5, 0.6) is 0 Å². The van der Waals surface area contributed by atoms with E-state index in [4.69, 9.17) is 5.84 Å².